The minimum absolute atomic E-state index is 0.378. The fourth-order valence-corrected chi connectivity index (χ4v) is 5.45. The fraction of sp³-hybridized carbons (Fsp3) is 1.00. The Morgan fingerprint density at radius 2 is 1.14 bits per heavy atom. The first-order chi connectivity index (χ1) is 13.9. The van der Waals surface area contributed by atoms with Crippen LogP contribution in [0.4, 0.5) is 0 Å². The van der Waals surface area contributed by atoms with Gasteiger partial charge in [0.05, 0.1) is 38.6 Å². The highest BCUT2D eigenvalue weighted by molar-refractivity contribution is 4.83. The molecule has 5 unspecified atom stereocenters. The fourth-order valence-electron chi connectivity index (χ4n) is 5.45. The van der Waals surface area contributed by atoms with Gasteiger partial charge in [-0.2, -0.15) is 0 Å². The van der Waals surface area contributed by atoms with Crippen molar-refractivity contribution in [3.8, 4) is 0 Å². The summed E-state index contributed by atoms with van der Waals surface area (Å²) in [5, 5.41) is 0. The summed E-state index contributed by atoms with van der Waals surface area (Å²) in [6, 6.07) is 0. The van der Waals surface area contributed by atoms with Gasteiger partial charge in [0.25, 0.3) is 0 Å². The molecule has 2 aliphatic heterocycles. The maximum Gasteiger partial charge on any atom is 0.104 e. The molecule has 2 saturated heterocycles. The van der Waals surface area contributed by atoms with E-state index in [-0.39, 0.29) is 0 Å². The molecule has 162 valence electrons. The Morgan fingerprint density at radius 3 is 1.82 bits per heavy atom. The minimum atomic E-state index is 0.378. The monoisotopic (exact) mass is 394 g/mol. The van der Waals surface area contributed by atoms with Gasteiger partial charge in [-0.15, -0.1) is 0 Å². The molecular weight excluding hydrogens is 352 g/mol. The lowest BCUT2D eigenvalue weighted by Crippen LogP contribution is -2.32. The summed E-state index contributed by atoms with van der Waals surface area (Å²) in [7, 11) is 0. The van der Waals surface area contributed by atoms with Crippen molar-refractivity contribution in [1.82, 2.24) is 0 Å². The van der Waals surface area contributed by atoms with E-state index in [2.05, 4.69) is 0 Å². The molecule has 4 fully saturated rings. The summed E-state index contributed by atoms with van der Waals surface area (Å²) in [6.07, 6.45) is 20.5. The van der Waals surface area contributed by atoms with Crippen molar-refractivity contribution in [1.29, 1.82) is 0 Å². The second-order valence-electron chi connectivity index (χ2n) is 9.72. The summed E-state index contributed by atoms with van der Waals surface area (Å²) >= 11 is 0. The van der Waals surface area contributed by atoms with E-state index in [1.807, 2.05) is 0 Å². The van der Waals surface area contributed by atoms with Crippen molar-refractivity contribution in [2.75, 3.05) is 26.4 Å². The van der Waals surface area contributed by atoms with E-state index in [9.17, 15) is 0 Å². The van der Waals surface area contributed by atoms with Crippen molar-refractivity contribution in [2.45, 2.75) is 114 Å². The second-order valence-corrected chi connectivity index (χ2v) is 9.72. The Kier molecular flexibility index (Phi) is 8.50. The van der Waals surface area contributed by atoms with Gasteiger partial charge >= 0.3 is 0 Å². The molecule has 0 aromatic rings. The average Bonchev–Trinajstić information content (AvgIpc) is 3.62. The molecule has 28 heavy (non-hydrogen) atoms. The third kappa shape index (κ3) is 7.27. The van der Waals surface area contributed by atoms with E-state index < -0.39 is 0 Å². The number of hydrogen-bond donors (Lipinski definition) is 0. The molecule has 2 heterocycles. The standard InChI is InChI=1S/C24H42O4/c1-2-4-6-10-19(9-5-3-1)23-14-13-20(25-15-21-16-26-21)11-7-8-12-24(23)28-18-22-17-27-22/h19-24H,1-18H2. The molecule has 5 atom stereocenters. The van der Waals surface area contributed by atoms with Gasteiger partial charge in [0, 0.05) is 0 Å². The predicted molar refractivity (Wildman–Crippen MR) is 111 cm³/mol. The normalized spacial score (nSPS) is 38.4. The third-order valence-electron chi connectivity index (χ3n) is 7.39. The topological polar surface area (TPSA) is 43.5 Å². The Labute approximate surface area is 172 Å². The van der Waals surface area contributed by atoms with Gasteiger partial charge in [0.15, 0.2) is 0 Å². The van der Waals surface area contributed by atoms with Crippen LogP contribution in [0, 0.1) is 11.8 Å². The number of hydrogen-bond acceptors (Lipinski definition) is 4. The molecule has 4 heteroatoms. The second kappa shape index (κ2) is 11.3. The molecule has 0 bridgehead atoms. The molecular formula is C24H42O4. The van der Waals surface area contributed by atoms with Crippen molar-refractivity contribution < 1.29 is 18.9 Å². The molecule has 0 N–H and O–H groups in total. The molecule has 4 rings (SSSR count). The molecule has 4 aliphatic rings. The highest BCUT2D eigenvalue weighted by Gasteiger charge is 2.34. The Morgan fingerprint density at radius 1 is 0.571 bits per heavy atom. The lowest BCUT2D eigenvalue weighted by Gasteiger charge is -2.34. The minimum Gasteiger partial charge on any atom is -0.375 e. The number of epoxide rings is 2. The first kappa shape index (κ1) is 21.1. The number of ether oxygens (including phenoxy) is 4. The van der Waals surface area contributed by atoms with Crippen molar-refractivity contribution >= 4 is 0 Å². The van der Waals surface area contributed by atoms with Crippen LogP contribution in [0.3, 0.4) is 0 Å². The van der Waals surface area contributed by atoms with E-state index in [0.29, 0.717) is 30.3 Å². The highest BCUT2D eigenvalue weighted by Crippen LogP contribution is 2.37. The highest BCUT2D eigenvalue weighted by atomic mass is 16.6. The quantitative estimate of drug-likeness (QED) is 0.551. The lowest BCUT2D eigenvalue weighted by molar-refractivity contribution is -0.0303. The first-order valence-corrected chi connectivity index (χ1v) is 12.3. The Bertz CT molecular complexity index is 424. The Balaban J connectivity index is 1.38. The molecule has 0 aromatic heterocycles. The van der Waals surface area contributed by atoms with Crippen LogP contribution in [-0.2, 0) is 18.9 Å². The zero-order valence-electron chi connectivity index (χ0n) is 17.8. The zero-order valence-corrected chi connectivity index (χ0v) is 17.8. The van der Waals surface area contributed by atoms with Gasteiger partial charge in [0.2, 0.25) is 0 Å². The Hall–Kier alpha value is -0.160. The largest absolute Gasteiger partial charge is 0.375 e. The summed E-state index contributed by atoms with van der Waals surface area (Å²) < 4.78 is 23.6. The summed E-state index contributed by atoms with van der Waals surface area (Å²) in [4.78, 5) is 0. The summed E-state index contributed by atoms with van der Waals surface area (Å²) in [5.41, 5.74) is 0. The van der Waals surface area contributed by atoms with Gasteiger partial charge in [-0.1, -0.05) is 64.2 Å². The van der Waals surface area contributed by atoms with Crippen molar-refractivity contribution in [3.63, 3.8) is 0 Å². The van der Waals surface area contributed by atoms with E-state index >= 15 is 0 Å². The molecule has 0 spiro atoms. The van der Waals surface area contributed by atoms with E-state index in [0.717, 1.165) is 32.3 Å². The van der Waals surface area contributed by atoms with E-state index in [1.165, 1.54) is 89.9 Å². The number of rotatable bonds is 7. The van der Waals surface area contributed by atoms with Crippen molar-refractivity contribution in [3.05, 3.63) is 0 Å². The van der Waals surface area contributed by atoms with Gasteiger partial charge in [-0.3, -0.25) is 0 Å². The molecule has 0 aromatic carbocycles. The smallest absolute Gasteiger partial charge is 0.104 e. The van der Waals surface area contributed by atoms with E-state index in [4.69, 9.17) is 18.9 Å². The lowest BCUT2D eigenvalue weighted by atomic mass is 9.77. The molecule has 0 amide bonds. The van der Waals surface area contributed by atoms with Crippen LogP contribution >= 0.6 is 0 Å². The van der Waals surface area contributed by atoms with Gasteiger partial charge in [-0.05, 0) is 37.5 Å². The van der Waals surface area contributed by atoms with Gasteiger partial charge < -0.3 is 18.9 Å². The maximum absolute atomic E-state index is 6.52. The van der Waals surface area contributed by atoms with Crippen molar-refractivity contribution in [2.24, 2.45) is 11.8 Å². The van der Waals surface area contributed by atoms with Crippen LogP contribution < -0.4 is 0 Å². The summed E-state index contributed by atoms with van der Waals surface area (Å²) in [6.45, 7) is 3.42. The van der Waals surface area contributed by atoms with Crippen LogP contribution in [0.1, 0.15) is 89.9 Å². The molecule has 4 nitrogen and oxygen atoms in total. The third-order valence-corrected chi connectivity index (χ3v) is 7.39. The predicted octanol–water partition coefficient (Wildman–Crippen LogP) is 5.28. The van der Waals surface area contributed by atoms with Crippen LogP contribution in [0.25, 0.3) is 0 Å². The van der Waals surface area contributed by atoms with Gasteiger partial charge in [-0.25, -0.2) is 0 Å². The molecule has 2 saturated carbocycles. The van der Waals surface area contributed by atoms with Crippen LogP contribution in [-0.4, -0.2) is 50.8 Å². The molecule has 2 aliphatic carbocycles. The van der Waals surface area contributed by atoms with Crippen LogP contribution in [0.2, 0.25) is 0 Å². The molecule has 0 radical (unpaired) electrons. The average molecular weight is 395 g/mol. The summed E-state index contributed by atoms with van der Waals surface area (Å²) in [5.74, 6) is 1.55. The van der Waals surface area contributed by atoms with Gasteiger partial charge in [0.1, 0.15) is 12.2 Å². The van der Waals surface area contributed by atoms with Crippen LogP contribution in [0.15, 0.2) is 0 Å². The first-order valence-electron chi connectivity index (χ1n) is 12.3. The maximum atomic E-state index is 6.52. The zero-order chi connectivity index (χ0) is 19.0. The van der Waals surface area contributed by atoms with Crippen LogP contribution in [0.5, 0.6) is 0 Å². The van der Waals surface area contributed by atoms with E-state index in [1.54, 1.807) is 0 Å². The SMILES string of the molecule is C1CCCCC(C2CCC(OCC3CO3)CCCCC2OCC2CO2)CCC1.